The minimum absolute atomic E-state index is 0.0318. The number of carbonyl (C=O) groups excluding carboxylic acids is 1. The summed E-state index contributed by atoms with van der Waals surface area (Å²) in [6.45, 7) is 6.37. The molecule has 0 spiro atoms. The minimum Gasteiger partial charge on any atom is -0.494 e. The molecule has 2 aromatic heterocycles. The molecule has 2 unspecified atom stereocenters. The number of methoxy groups -OCH3 is 1. The van der Waals surface area contributed by atoms with Crippen molar-refractivity contribution in [2.45, 2.75) is 26.3 Å². The second kappa shape index (κ2) is 7.64. The van der Waals surface area contributed by atoms with Crippen LogP contribution in [0.5, 0.6) is 5.75 Å². The second-order valence-corrected chi connectivity index (χ2v) is 8.15. The first-order chi connectivity index (χ1) is 15.0. The van der Waals surface area contributed by atoms with Crippen molar-refractivity contribution in [2.24, 2.45) is 5.92 Å². The molecule has 0 N–H and O–H groups in total. The van der Waals surface area contributed by atoms with Crippen molar-refractivity contribution < 1.29 is 9.53 Å². The summed E-state index contributed by atoms with van der Waals surface area (Å²) in [5.74, 6) is 1.78. The van der Waals surface area contributed by atoms with Gasteiger partial charge in [-0.25, -0.2) is 9.97 Å². The lowest BCUT2D eigenvalue weighted by Crippen LogP contribution is -2.66. The Morgan fingerprint density at radius 1 is 1.10 bits per heavy atom. The van der Waals surface area contributed by atoms with E-state index in [-0.39, 0.29) is 11.9 Å². The summed E-state index contributed by atoms with van der Waals surface area (Å²) in [5.41, 5.74) is 3.01. The highest BCUT2D eigenvalue weighted by molar-refractivity contribution is 5.99. The van der Waals surface area contributed by atoms with E-state index in [4.69, 9.17) is 4.74 Å². The Balaban J connectivity index is 1.42. The number of rotatable bonds is 4. The summed E-state index contributed by atoms with van der Waals surface area (Å²) in [7, 11) is 1.58. The molecule has 9 nitrogen and oxygen atoms in total. The third-order valence-corrected chi connectivity index (χ3v) is 6.14. The van der Waals surface area contributed by atoms with Crippen LogP contribution in [0.4, 0.5) is 5.95 Å². The average Bonchev–Trinajstić information content (AvgIpc) is 3.27. The van der Waals surface area contributed by atoms with Gasteiger partial charge in [0, 0.05) is 36.9 Å². The molecule has 2 aliphatic rings. The number of piperidine rings is 1. The summed E-state index contributed by atoms with van der Waals surface area (Å²) in [6, 6.07) is 7.56. The fourth-order valence-electron chi connectivity index (χ4n) is 4.61. The molecule has 2 saturated heterocycles. The molecule has 0 saturated carbocycles. The van der Waals surface area contributed by atoms with E-state index in [1.54, 1.807) is 19.5 Å². The molecule has 160 valence electrons. The van der Waals surface area contributed by atoms with Crippen molar-refractivity contribution in [3.8, 4) is 11.4 Å². The van der Waals surface area contributed by atoms with Gasteiger partial charge in [-0.05, 0) is 38.5 Å². The molecule has 1 amide bonds. The van der Waals surface area contributed by atoms with Gasteiger partial charge in [0.2, 0.25) is 5.95 Å². The van der Waals surface area contributed by atoms with Gasteiger partial charge in [-0.3, -0.25) is 4.79 Å². The lowest BCUT2D eigenvalue weighted by Gasteiger charge is -2.53. The van der Waals surface area contributed by atoms with Gasteiger partial charge in [-0.15, -0.1) is 4.80 Å². The molecule has 2 fully saturated rings. The van der Waals surface area contributed by atoms with Gasteiger partial charge < -0.3 is 14.5 Å². The van der Waals surface area contributed by atoms with Gasteiger partial charge in [0.15, 0.2) is 0 Å². The Labute approximate surface area is 180 Å². The van der Waals surface area contributed by atoms with Crippen molar-refractivity contribution in [3.63, 3.8) is 0 Å². The molecule has 4 heterocycles. The van der Waals surface area contributed by atoms with Gasteiger partial charge in [0.1, 0.15) is 11.4 Å². The Kier molecular flexibility index (Phi) is 4.80. The first kappa shape index (κ1) is 19.5. The van der Waals surface area contributed by atoms with Crippen LogP contribution >= 0.6 is 0 Å². The number of hydrogen-bond acceptors (Lipinski definition) is 7. The van der Waals surface area contributed by atoms with Crippen molar-refractivity contribution in [1.82, 2.24) is 29.9 Å². The number of anilines is 1. The van der Waals surface area contributed by atoms with Crippen molar-refractivity contribution in [1.29, 1.82) is 0 Å². The lowest BCUT2D eigenvalue weighted by molar-refractivity contribution is 0.00763. The quantitative estimate of drug-likeness (QED) is 0.639. The fraction of sp³-hybridized carbons (Fsp3) is 0.409. The third kappa shape index (κ3) is 3.39. The van der Waals surface area contributed by atoms with Crippen LogP contribution in [0.25, 0.3) is 5.69 Å². The Morgan fingerprint density at radius 2 is 1.84 bits per heavy atom. The van der Waals surface area contributed by atoms with E-state index in [1.165, 1.54) is 4.80 Å². The van der Waals surface area contributed by atoms with Crippen LogP contribution in [0, 0.1) is 19.8 Å². The maximum absolute atomic E-state index is 13.6. The zero-order chi connectivity index (χ0) is 21.5. The Bertz CT molecular complexity index is 1090. The van der Waals surface area contributed by atoms with E-state index in [1.807, 2.05) is 43.0 Å². The molecular weight excluding hydrogens is 394 g/mol. The van der Waals surface area contributed by atoms with E-state index in [0.29, 0.717) is 22.9 Å². The Hall–Kier alpha value is -3.49. The van der Waals surface area contributed by atoms with Gasteiger partial charge >= 0.3 is 0 Å². The number of nitrogens with zero attached hydrogens (tertiary/aromatic N) is 7. The van der Waals surface area contributed by atoms with Crippen LogP contribution in [0.2, 0.25) is 0 Å². The number of benzene rings is 1. The largest absolute Gasteiger partial charge is 0.494 e. The molecule has 9 heteroatoms. The third-order valence-electron chi connectivity index (χ3n) is 6.14. The number of aromatic nitrogens is 5. The SMILES string of the molecule is COc1cccc(C(=O)N2CC3CCN(c4nc(C)cc(C)n4)CC32)c1-n1nccn1. The molecule has 2 atom stereocenters. The van der Waals surface area contributed by atoms with Crippen molar-refractivity contribution in [2.75, 3.05) is 31.6 Å². The van der Waals surface area contributed by atoms with Gasteiger partial charge in [0.05, 0.1) is 31.1 Å². The zero-order valence-corrected chi connectivity index (χ0v) is 17.9. The van der Waals surface area contributed by atoms with Crippen LogP contribution in [-0.2, 0) is 0 Å². The fourth-order valence-corrected chi connectivity index (χ4v) is 4.61. The minimum atomic E-state index is -0.0318. The van der Waals surface area contributed by atoms with Crippen LogP contribution in [0.3, 0.4) is 0 Å². The smallest absolute Gasteiger partial charge is 0.256 e. The number of likely N-dealkylation sites (tertiary alicyclic amines) is 1. The number of hydrogen-bond donors (Lipinski definition) is 0. The van der Waals surface area contributed by atoms with E-state index in [0.717, 1.165) is 43.4 Å². The number of carbonyl (C=O) groups is 1. The highest BCUT2D eigenvalue weighted by Crippen LogP contribution is 2.36. The predicted molar refractivity (Wildman–Crippen MR) is 115 cm³/mol. The van der Waals surface area contributed by atoms with E-state index < -0.39 is 0 Å². The highest BCUT2D eigenvalue weighted by Gasteiger charge is 2.46. The molecular formula is C22H25N7O2. The maximum atomic E-state index is 13.6. The normalized spacial score (nSPS) is 20.2. The van der Waals surface area contributed by atoms with Crippen LogP contribution in [0.15, 0.2) is 36.7 Å². The number of fused-ring (bicyclic) bond motifs is 1. The molecule has 0 radical (unpaired) electrons. The van der Waals surface area contributed by atoms with E-state index >= 15 is 0 Å². The lowest BCUT2D eigenvalue weighted by atomic mass is 9.81. The molecule has 3 aromatic rings. The van der Waals surface area contributed by atoms with Crippen LogP contribution in [-0.4, -0.2) is 68.6 Å². The molecule has 2 aliphatic heterocycles. The van der Waals surface area contributed by atoms with Gasteiger partial charge in [0.25, 0.3) is 5.91 Å². The topological polar surface area (TPSA) is 89.3 Å². The van der Waals surface area contributed by atoms with Gasteiger partial charge in [-0.2, -0.15) is 10.2 Å². The monoisotopic (exact) mass is 419 g/mol. The molecule has 1 aromatic carbocycles. The number of ether oxygens (including phenoxy) is 1. The summed E-state index contributed by atoms with van der Waals surface area (Å²) < 4.78 is 5.50. The molecule has 5 rings (SSSR count). The summed E-state index contributed by atoms with van der Waals surface area (Å²) in [6.07, 6.45) is 4.20. The summed E-state index contributed by atoms with van der Waals surface area (Å²) in [5, 5.41) is 8.44. The number of aryl methyl sites for hydroxylation is 2. The average molecular weight is 419 g/mol. The van der Waals surface area contributed by atoms with E-state index in [9.17, 15) is 4.79 Å². The van der Waals surface area contributed by atoms with Gasteiger partial charge in [-0.1, -0.05) is 6.07 Å². The van der Waals surface area contributed by atoms with Crippen LogP contribution in [0.1, 0.15) is 28.2 Å². The molecule has 0 aliphatic carbocycles. The standard InChI is InChI=1S/C22H25N7O2/c1-14-11-15(2)26-22(25-14)27-10-7-16-12-28(18(16)13-27)21(30)17-5-4-6-19(31-3)20(17)29-23-8-9-24-29/h4-6,8-9,11,16,18H,7,10,12-13H2,1-3H3. The summed E-state index contributed by atoms with van der Waals surface area (Å²) in [4.78, 5) is 28.4. The second-order valence-electron chi connectivity index (χ2n) is 8.15. The first-order valence-electron chi connectivity index (χ1n) is 10.5. The zero-order valence-electron chi connectivity index (χ0n) is 17.9. The van der Waals surface area contributed by atoms with Crippen LogP contribution < -0.4 is 9.64 Å². The maximum Gasteiger partial charge on any atom is 0.256 e. The number of para-hydroxylation sites is 1. The first-order valence-corrected chi connectivity index (χ1v) is 10.5. The molecule has 31 heavy (non-hydrogen) atoms. The van der Waals surface area contributed by atoms with Crippen molar-refractivity contribution >= 4 is 11.9 Å². The van der Waals surface area contributed by atoms with Crippen molar-refractivity contribution in [3.05, 3.63) is 53.6 Å². The Morgan fingerprint density at radius 3 is 2.55 bits per heavy atom. The highest BCUT2D eigenvalue weighted by atomic mass is 16.5. The predicted octanol–water partition coefficient (Wildman–Crippen LogP) is 2.03. The number of amides is 1. The van der Waals surface area contributed by atoms with E-state index in [2.05, 4.69) is 25.1 Å². The summed E-state index contributed by atoms with van der Waals surface area (Å²) >= 11 is 0. The molecule has 0 bridgehead atoms.